The molecule has 19 heavy (non-hydrogen) atoms. The van der Waals surface area contributed by atoms with Crippen molar-refractivity contribution in [3.8, 4) is 0 Å². The van der Waals surface area contributed by atoms with E-state index in [4.69, 9.17) is 0 Å². The summed E-state index contributed by atoms with van der Waals surface area (Å²) in [5.74, 6) is 2.14. The number of nitrogens with zero attached hydrogens (tertiary/aromatic N) is 1. The zero-order valence-electron chi connectivity index (χ0n) is 12.6. The zero-order chi connectivity index (χ0) is 12.9. The summed E-state index contributed by atoms with van der Waals surface area (Å²) in [7, 11) is 0. The second-order valence-electron chi connectivity index (χ2n) is 7.29. The Hall–Kier alpha value is -0.0800. The van der Waals surface area contributed by atoms with E-state index in [0.29, 0.717) is 0 Å². The van der Waals surface area contributed by atoms with E-state index in [0.717, 1.165) is 17.9 Å². The first-order valence-electron chi connectivity index (χ1n) is 8.86. The summed E-state index contributed by atoms with van der Waals surface area (Å²) in [4.78, 5) is 2.79. The monoisotopic (exact) mass is 264 g/mol. The summed E-state index contributed by atoms with van der Waals surface area (Å²) in [6, 6.07) is 0.896. The highest BCUT2D eigenvalue weighted by atomic mass is 15.1. The fourth-order valence-corrected chi connectivity index (χ4v) is 3.00. The van der Waals surface area contributed by atoms with Crippen molar-refractivity contribution >= 4 is 0 Å². The standard InChI is InChI=1S/C17H32N2/c1(3-11-18-17-9-10-17)2-4-12-19(13-15-5-6-15)14-16-7-8-16/h15-18H,1-14H2. The van der Waals surface area contributed by atoms with Gasteiger partial charge in [0, 0.05) is 19.1 Å². The van der Waals surface area contributed by atoms with Crippen molar-refractivity contribution in [2.45, 2.75) is 70.3 Å². The van der Waals surface area contributed by atoms with Crippen LogP contribution in [-0.4, -0.2) is 37.1 Å². The van der Waals surface area contributed by atoms with E-state index in [2.05, 4.69) is 10.2 Å². The molecule has 0 aromatic rings. The molecular formula is C17H32N2. The Morgan fingerprint density at radius 3 is 1.95 bits per heavy atom. The molecule has 3 aliphatic carbocycles. The van der Waals surface area contributed by atoms with Crippen LogP contribution in [0.1, 0.15) is 64.2 Å². The van der Waals surface area contributed by atoms with Crippen molar-refractivity contribution in [3.05, 3.63) is 0 Å². The molecule has 2 nitrogen and oxygen atoms in total. The molecule has 3 rings (SSSR count). The third-order valence-electron chi connectivity index (χ3n) is 4.84. The van der Waals surface area contributed by atoms with Crippen molar-refractivity contribution in [1.82, 2.24) is 10.2 Å². The molecule has 3 fully saturated rings. The summed E-state index contributed by atoms with van der Waals surface area (Å²) in [6.07, 6.45) is 14.6. The summed E-state index contributed by atoms with van der Waals surface area (Å²) < 4.78 is 0. The van der Waals surface area contributed by atoms with Gasteiger partial charge in [-0.25, -0.2) is 0 Å². The van der Waals surface area contributed by atoms with Crippen LogP contribution in [0.15, 0.2) is 0 Å². The SMILES string of the molecule is C(CCCN(CC1CC1)CC1CC1)CCNC1CC1. The Bertz CT molecular complexity index is 240. The van der Waals surface area contributed by atoms with Crippen LogP contribution in [0.2, 0.25) is 0 Å². The van der Waals surface area contributed by atoms with Crippen LogP contribution in [0, 0.1) is 11.8 Å². The zero-order valence-corrected chi connectivity index (χ0v) is 12.6. The molecule has 3 saturated carbocycles. The number of hydrogen-bond donors (Lipinski definition) is 1. The van der Waals surface area contributed by atoms with E-state index in [1.54, 1.807) is 0 Å². The Morgan fingerprint density at radius 1 is 0.737 bits per heavy atom. The van der Waals surface area contributed by atoms with E-state index < -0.39 is 0 Å². The highest BCUT2D eigenvalue weighted by Crippen LogP contribution is 2.33. The lowest BCUT2D eigenvalue weighted by atomic mass is 10.1. The predicted molar refractivity (Wildman–Crippen MR) is 81.4 cm³/mol. The van der Waals surface area contributed by atoms with Crippen molar-refractivity contribution in [2.24, 2.45) is 11.8 Å². The average molecular weight is 264 g/mol. The Kier molecular flexibility index (Phi) is 5.17. The Labute approximate surface area is 119 Å². The van der Waals surface area contributed by atoms with Gasteiger partial charge in [-0.05, 0) is 76.3 Å². The lowest BCUT2D eigenvalue weighted by molar-refractivity contribution is 0.246. The van der Waals surface area contributed by atoms with Gasteiger partial charge in [0.1, 0.15) is 0 Å². The van der Waals surface area contributed by atoms with Gasteiger partial charge in [0.25, 0.3) is 0 Å². The van der Waals surface area contributed by atoms with Gasteiger partial charge in [0.05, 0.1) is 0 Å². The second kappa shape index (κ2) is 7.08. The molecule has 0 radical (unpaired) electrons. The lowest BCUT2D eigenvalue weighted by Gasteiger charge is -2.22. The van der Waals surface area contributed by atoms with Gasteiger partial charge in [0.15, 0.2) is 0 Å². The quantitative estimate of drug-likeness (QED) is 0.543. The van der Waals surface area contributed by atoms with E-state index in [1.165, 1.54) is 90.4 Å². The molecule has 0 atom stereocenters. The maximum atomic E-state index is 3.61. The van der Waals surface area contributed by atoms with E-state index >= 15 is 0 Å². The third-order valence-corrected chi connectivity index (χ3v) is 4.84. The molecule has 110 valence electrons. The normalized spacial score (nSPS) is 23.2. The molecule has 3 aliphatic rings. The summed E-state index contributed by atoms with van der Waals surface area (Å²) in [5.41, 5.74) is 0. The molecule has 0 spiro atoms. The Morgan fingerprint density at radius 2 is 1.37 bits per heavy atom. The van der Waals surface area contributed by atoms with Gasteiger partial charge in [0.2, 0.25) is 0 Å². The topological polar surface area (TPSA) is 15.3 Å². The first kappa shape index (κ1) is 13.9. The predicted octanol–water partition coefficient (Wildman–Crippen LogP) is 3.42. The van der Waals surface area contributed by atoms with Gasteiger partial charge in [-0.2, -0.15) is 0 Å². The van der Waals surface area contributed by atoms with Gasteiger partial charge >= 0.3 is 0 Å². The average Bonchev–Trinajstić information content (AvgIpc) is 3.25. The molecule has 0 saturated heterocycles. The highest BCUT2D eigenvalue weighted by Gasteiger charge is 2.28. The molecule has 1 N–H and O–H groups in total. The van der Waals surface area contributed by atoms with E-state index in [-0.39, 0.29) is 0 Å². The molecule has 0 amide bonds. The minimum atomic E-state index is 0.896. The lowest BCUT2D eigenvalue weighted by Crippen LogP contribution is -2.29. The van der Waals surface area contributed by atoms with E-state index in [9.17, 15) is 0 Å². The first-order chi connectivity index (χ1) is 9.40. The van der Waals surface area contributed by atoms with Crippen LogP contribution < -0.4 is 5.32 Å². The molecule has 2 heteroatoms. The van der Waals surface area contributed by atoms with Crippen LogP contribution in [0.25, 0.3) is 0 Å². The van der Waals surface area contributed by atoms with Gasteiger partial charge in [-0.3, -0.25) is 0 Å². The fraction of sp³-hybridized carbons (Fsp3) is 1.00. The van der Waals surface area contributed by atoms with Crippen molar-refractivity contribution in [1.29, 1.82) is 0 Å². The summed E-state index contributed by atoms with van der Waals surface area (Å²) in [6.45, 7) is 5.47. The van der Waals surface area contributed by atoms with Crippen LogP contribution in [0.4, 0.5) is 0 Å². The van der Waals surface area contributed by atoms with Crippen molar-refractivity contribution in [3.63, 3.8) is 0 Å². The van der Waals surface area contributed by atoms with Gasteiger partial charge < -0.3 is 10.2 Å². The van der Waals surface area contributed by atoms with Gasteiger partial charge in [-0.1, -0.05) is 12.8 Å². The van der Waals surface area contributed by atoms with Crippen LogP contribution in [0.3, 0.4) is 0 Å². The first-order valence-corrected chi connectivity index (χ1v) is 8.86. The maximum Gasteiger partial charge on any atom is 0.00682 e. The summed E-state index contributed by atoms with van der Waals surface area (Å²) >= 11 is 0. The molecule has 0 heterocycles. The third kappa shape index (κ3) is 6.27. The second-order valence-corrected chi connectivity index (χ2v) is 7.29. The smallest absolute Gasteiger partial charge is 0.00682 e. The number of hydrogen-bond acceptors (Lipinski definition) is 2. The van der Waals surface area contributed by atoms with Crippen molar-refractivity contribution in [2.75, 3.05) is 26.2 Å². The molecule has 0 aromatic carbocycles. The fourth-order valence-electron chi connectivity index (χ4n) is 3.00. The largest absolute Gasteiger partial charge is 0.314 e. The van der Waals surface area contributed by atoms with E-state index in [1.807, 2.05) is 0 Å². The molecule has 0 aromatic heterocycles. The number of rotatable bonds is 12. The number of nitrogens with one attached hydrogen (secondary N) is 1. The minimum absolute atomic E-state index is 0.896. The van der Waals surface area contributed by atoms with Crippen LogP contribution in [0.5, 0.6) is 0 Å². The molecular weight excluding hydrogens is 232 g/mol. The minimum Gasteiger partial charge on any atom is -0.314 e. The highest BCUT2D eigenvalue weighted by molar-refractivity contribution is 4.82. The molecule has 0 unspecified atom stereocenters. The Balaban J connectivity index is 1.18. The molecule has 0 aliphatic heterocycles. The van der Waals surface area contributed by atoms with Crippen LogP contribution >= 0.6 is 0 Å². The van der Waals surface area contributed by atoms with Crippen molar-refractivity contribution < 1.29 is 0 Å². The van der Waals surface area contributed by atoms with Crippen LogP contribution in [-0.2, 0) is 0 Å². The maximum absolute atomic E-state index is 3.61. The molecule has 0 bridgehead atoms. The van der Waals surface area contributed by atoms with Gasteiger partial charge in [-0.15, -0.1) is 0 Å². The summed E-state index contributed by atoms with van der Waals surface area (Å²) in [5, 5.41) is 3.61. The number of unbranched alkanes of at least 4 members (excludes halogenated alkanes) is 3.